The Bertz CT molecular complexity index is 1440. The fourth-order valence-electron chi connectivity index (χ4n) is 4.10. The fourth-order valence-corrected chi connectivity index (χ4v) is 4.10. The van der Waals surface area contributed by atoms with Gasteiger partial charge in [-0.1, -0.05) is 48.5 Å². The van der Waals surface area contributed by atoms with Crippen molar-refractivity contribution >= 4 is 27.7 Å². The maximum atomic E-state index is 13.1. The Labute approximate surface area is 196 Å². The van der Waals surface area contributed by atoms with E-state index in [0.717, 1.165) is 39.8 Å². The van der Waals surface area contributed by atoms with Crippen molar-refractivity contribution in [1.29, 1.82) is 0 Å². The molecule has 1 aromatic heterocycles. The highest BCUT2D eigenvalue weighted by Gasteiger charge is 2.13. The minimum atomic E-state index is -0.371. The molecule has 0 aliphatic carbocycles. The monoisotopic (exact) mass is 453 g/mol. The number of para-hydroxylation sites is 2. The van der Waals surface area contributed by atoms with Crippen LogP contribution in [0.15, 0.2) is 91.0 Å². The predicted octanol–water partition coefficient (Wildman–Crippen LogP) is 5.73. The Hall–Kier alpha value is -4.19. The number of aromatic nitrogens is 2. The van der Waals surface area contributed by atoms with Crippen molar-refractivity contribution in [2.45, 2.75) is 19.5 Å². The molecule has 5 rings (SSSR count). The predicted molar refractivity (Wildman–Crippen MR) is 131 cm³/mol. The number of halogens is 1. The van der Waals surface area contributed by atoms with Gasteiger partial charge in [-0.3, -0.25) is 4.79 Å². The topological polar surface area (TPSA) is 56.2 Å². The molecule has 0 radical (unpaired) electrons. The molecule has 170 valence electrons. The van der Waals surface area contributed by atoms with Crippen LogP contribution in [0.1, 0.15) is 22.6 Å². The van der Waals surface area contributed by atoms with Gasteiger partial charge in [0, 0.05) is 17.5 Å². The van der Waals surface area contributed by atoms with E-state index in [0.29, 0.717) is 18.7 Å². The average molecular weight is 454 g/mol. The smallest absolute Gasteiger partial charge is 0.251 e. The van der Waals surface area contributed by atoms with Crippen molar-refractivity contribution in [1.82, 2.24) is 14.9 Å². The summed E-state index contributed by atoms with van der Waals surface area (Å²) < 4.78 is 21.4. The van der Waals surface area contributed by atoms with E-state index in [4.69, 9.17) is 9.72 Å². The van der Waals surface area contributed by atoms with Crippen LogP contribution in [0.3, 0.4) is 0 Å². The third kappa shape index (κ3) is 4.62. The molecule has 0 fully saturated rings. The van der Waals surface area contributed by atoms with Crippen LogP contribution in [0.4, 0.5) is 4.39 Å². The SMILES string of the molecule is O=C(NCc1nc2ccccc2n1CCCOc1cccc2ccccc12)c1ccc(F)cc1. The first-order valence-electron chi connectivity index (χ1n) is 11.3. The van der Waals surface area contributed by atoms with Crippen molar-refractivity contribution in [2.24, 2.45) is 0 Å². The zero-order valence-corrected chi connectivity index (χ0v) is 18.6. The molecule has 5 aromatic rings. The third-order valence-corrected chi connectivity index (χ3v) is 5.78. The van der Waals surface area contributed by atoms with Crippen LogP contribution < -0.4 is 10.1 Å². The van der Waals surface area contributed by atoms with Crippen molar-refractivity contribution in [3.05, 3.63) is 108 Å². The van der Waals surface area contributed by atoms with Crippen molar-refractivity contribution in [3.8, 4) is 5.75 Å². The lowest BCUT2D eigenvalue weighted by Crippen LogP contribution is -2.25. The van der Waals surface area contributed by atoms with Crippen LogP contribution >= 0.6 is 0 Å². The Morgan fingerprint density at radius 3 is 2.56 bits per heavy atom. The van der Waals surface area contributed by atoms with Gasteiger partial charge in [0.15, 0.2) is 0 Å². The molecule has 0 unspecified atom stereocenters. The summed E-state index contributed by atoms with van der Waals surface area (Å²) in [6.07, 6.45) is 0.780. The summed E-state index contributed by atoms with van der Waals surface area (Å²) in [7, 11) is 0. The first kappa shape index (κ1) is 21.6. The number of hydrogen-bond acceptors (Lipinski definition) is 3. The van der Waals surface area contributed by atoms with Gasteiger partial charge in [0.25, 0.3) is 5.91 Å². The standard InChI is InChI=1S/C28H24FN3O2/c29-22-15-13-21(14-16-22)28(33)30-19-27-31-24-10-3-4-11-25(24)32(27)17-6-18-34-26-12-5-8-20-7-1-2-9-23(20)26/h1-5,7-16H,6,17-19H2,(H,30,33). The molecule has 0 spiro atoms. The molecule has 0 atom stereocenters. The molecule has 0 saturated carbocycles. The second kappa shape index (κ2) is 9.75. The number of nitrogens with one attached hydrogen (secondary N) is 1. The van der Waals surface area contributed by atoms with Gasteiger partial charge in [-0.2, -0.15) is 0 Å². The molecule has 1 amide bonds. The van der Waals surface area contributed by atoms with Crippen LogP contribution in [-0.4, -0.2) is 22.1 Å². The zero-order chi connectivity index (χ0) is 23.3. The summed E-state index contributed by atoms with van der Waals surface area (Å²) >= 11 is 0. The van der Waals surface area contributed by atoms with Gasteiger partial charge in [0.05, 0.1) is 24.2 Å². The first-order valence-corrected chi connectivity index (χ1v) is 11.3. The van der Waals surface area contributed by atoms with E-state index >= 15 is 0 Å². The van der Waals surface area contributed by atoms with Crippen molar-refractivity contribution in [3.63, 3.8) is 0 Å². The molecule has 0 aliphatic heterocycles. The molecular formula is C28H24FN3O2. The molecule has 34 heavy (non-hydrogen) atoms. The van der Waals surface area contributed by atoms with Crippen molar-refractivity contribution < 1.29 is 13.9 Å². The summed E-state index contributed by atoms with van der Waals surface area (Å²) in [4.78, 5) is 17.2. The summed E-state index contributed by atoms with van der Waals surface area (Å²) in [6, 6.07) is 27.7. The Morgan fingerprint density at radius 2 is 1.68 bits per heavy atom. The zero-order valence-electron chi connectivity index (χ0n) is 18.6. The number of ether oxygens (including phenoxy) is 1. The minimum Gasteiger partial charge on any atom is -0.493 e. The van der Waals surface area contributed by atoms with Crippen molar-refractivity contribution in [2.75, 3.05) is 6.61 Å². The Balaban J connectivity index is 1.27. The lowest BCUT2D eigenvalue weighted by molar-refractivity contribution is 0.0949. The molecular weight excluding hydrogens is 429 g/mol. The summed E-state index contributed by atoms with van der Waals surface area (Å²) in [5.74, 6) is 1.00. The van der Waals surface area contributed by atoms with Gasteiger partial charge >= 0.3 is 0 Å². The number of carbonyl (C=O) groups excluding carboxylic acids is 1. The number of nitrogens with zero attached hydrogens (tertiary/aromatic N) is 2. The molecule has 1 heterocycles. The quantitative estimate of drug-likeness (QED) is 0.305. The van der Waals surface area contributed by atoms with Gasteiger partial charge in [0.2, 0.25) is 0 Å². The number of rotatable bonds is 8. The number of imidazole rings is 1. The average Bonchev–Trinajstić information content (AvgIpc) is 3.23. The highest BCUT2D eigenvalue weighted by Crippen LogP contribution is 2.25. The fraction of sp³-hybridized carbons (Fsp3) is 0.143. The minimum absolute atomic E-state index is 0.266. The highest BCUT2D eigenvalue weighted by molar-refractivity contribution is 5.94. The van der Waals surface area contributed by atoms with E-state index in [1.54, 1.807) is 0 Å². The lowest BCUT2D eigenvalue weighted by atomic mass is 10.1. The van der Waals surface area contributed by atoms with Crippen LogP contribution in [0, 0.1) is 5.82 Å². The maximum absolute atomic E-state index is 13.1. The van der Waals surface area contributed by atoms with Crippen LogP contribution in [0.5, 0.6) is 5.75 Å². The van der Waals surface area contributed by atoms with E-state index in [1.165, 1.54) is 24.3 Å². The summed E-state index contributed by atoms with van der Waals surface area (Å²) in [5, 5.41) is 5.15. The maximum Gasteiger partial charge on any atom is 0.251 e. The molecule has 6 heteroatoms. The van der Waals surface area contributed by atoms with Gasteiger partial charge in [-0.25, -0.2) is 9.37 Å². The second-order valence-electron chi connectivity index (χ2n) is 8.04. The summed E-state index contributed by atoms with van der Waals surface area (Å²) in [5.41, 5.74) is 2.30. The molecule has 0 bridgehead atoms. The number of amides is 1. The normalized spacial score (nSPS) is 11.1. The van der Waals surface area contributed by atoms with E-state index in [1.807, 2.05) is 48.5 Å². The number of benzene rings is 4. The molecule has 4 aromatic carbocycles. The van der Waals surface area contributed by atoms with E-state index in [2.05, 4.69) is 28.1 Å². The lowest BCUT2D eigenvalue weighted by Gasteiger charge is -2.12. The number of carbonyl (C=O) groups is 1. The third-order valence-electron chi connectivity index (χ3n) is 5.78. The Kier molecular flexibility index (Phi) is 6.21. The van der Waals surface area contributed by atoms with E-state index in [9.17, 15) is 9.18 Å². The Morgan fingerprint density at radius 1 is 0.912 bits per heavy atom. The van der Waals surface area contributed by atoms with E-state index in [-0.39, 0.29) is 18.3 Å². The second-order valence-corrected chi connectivity index (χ2v) is 8.04. The van der Waals surface area contributed by atoms with Gasteiger partial charge in [-0.15, -0.1) is 0 Å². The van der Waals surface area contributed by atoms with Gasteiger partial charge in [-0.05, 0) is 54.3 Å². The summed E-state index contributed by atoms with van der Waals surface area (Å²) in [6.45, 7) is 1.53. The highest BCUT2D eigenvalue weighted by atomic mass is 19.1. The van der Waals surface area contributed by atoms with Gasteiger partial charge in [0.1, 0.15) is 17.4 Å². The largest absolute Gasteiger partial charge is 0.493 e. The number of hydrogen-bond donors (Lipinski definition) is 1. The van der Waals surface area contributed by atoms with Crippen LogP contribution in [0.25, 0.3) is 21.8 Å². The number of aryl methyl sites for hydroxylation is 1. The molecule has 0 saturated heterocycles. The number of fused-ring (bicyclic) bond motifs is 2. The van der Waals surface area contributed by atoms with Gasteiger partial charge < -0.3 is 14.6 Å². The van der Waals surface area contributed by atoms with Crippen LogP contribution in [-0.2, 0) is 13.1 Å². The first-order chi connectivity index (χ1) is 16.7. The van der Waals surface area contributed by atoms with Crippen LogP contribution in [0.2, 0.25) is 0 Å². The molecule has 1 N–H and O–H groups in total. The molecule has 5 nitrogen and oxygen atoms in total. The van der Waals surface area contributed by atoms with E-state index < -0.39 is 0 Å². The molecule has 0 aliphatic rings.